The van der Waals surface area contributed by atoms with E-state index in [1.807, 2.05) is 12.1 Å². The maximum atomic E-state index is 5.72. The van der Waals surface area contributed by atoms with Crippen LogP contribution in [0.3, 0.4) is 0 Å². The van der Waals surface area contributed by atoms with Crippen LogP contribution in [0.4, 0.5) is 0 Å². The Bertz CT molecular complexity index is 459. The Morgan fingerprint density at radius 1 is 0.941 bits per heavy atom. The molecule has 0 saturated carbocycles. The zero-order chi connectivity index (χ0) is 12.1. The van der Waals surface area contributed by atoms with E-state index >= 15 is 0 Å². The van der Waals surface area contributed by atoms with E-state index < -0.39 is 0 Å². The van der Waals surface area contributed by atoms with Crippen LogP contribution < -0.4 is 10.0 Å². The summed E-state index contributed by atoms with van der Waals surface area (Å²) in [5.74, 6) is 0.928. The predicted molar refractivity (Wildman–Crippen MR) is 75.8 cm³/mol. The number of hydrogen-bond donors (Lipinski definition) is 0. The first kappa shape index (κ1) is 12.1. The molecule has 0 aliphatic carbocycles. The summed E-state index contributed by atoms with van der Waals surface area (Å²) < 4.78 is 5.72. The molecule has 0 bridgehead atoms. The van der Waals surface area contributed by atoms with Crippen LogP contribution in [0.1, 0.15) is 11.1 Å². The highest BCUT2D eigenvalue weighted by Crippen LogP contribution is 2.14. The van der Waals surface area contributed by atoms with Crippen molar-refractivity contribution in [2.75, 3.05) is 6.66 Å². The van der Waals surface area contributed by atoms with E-state index in [1.54, 1.807) is 0 Å². The van der Waals surface area contributed by atoms with Crippen LogP contribution in [-0.2, 0) is 6.61 Å². The average molecular weight is 244 g/mol. The molecule has 2 rings (SSSR count). The summed E-state index contributed by atoms with van der Waals surface area (Å²) in [4.78, 5) is 0. The van der Waals surface area contributed by atoms with Crippen molar-refractivity contribution in [3.63, 3.8) is 0 Å². The van der Waals surface area contributed by atoms with E-state index in [-0.39, 0.29) is 0 Å². The highest BCUT2D eigenvalue weighted by atomic mass is 31.1. The quantitative estimate of drug-likeness (QED) is 0.748. The number of rotatable bonds is 4. The zero-order valence-electron chi connectivity index (χ0n) is 10.2. The molecule has 1 unspecified atom stereocenters. The van der Waals surface area contributed by atoms with E-state index in [2.05, 4.69) is 50.0 Å². The van der Waals surface area contributed by atoms with Crippen molar-refractivity contribution in [1.82, 2.24) is 0 Å². The van der Waals surface area contributed by atoms with Gasteiger partial charge >= 0.3 is 0 Å². The molecule has 2 aromatic carbocycles. The molecule has 88 valence electrons. The molecule has 0 aliphatic rings. The lowest BCUT2D eigenvalue weighted by Crippen LogP contribution is -1.98. The molecule has 0 aromatic heterocycles. The third-order valence-electron chi connectivity index (χ3n) is 2.67. The average Bonchev–Trinajstić information content (AvgIpc) is 2.39. The molecule has 1 nitrogen and oxygen atoms in total. The number of aryl methyl sites for hydroxylation is 1. The van der Waals surface area contributed by atoms with Crippen LogP contribution in [-0.4, -0.2) is 6.66 Å². The topological polar surface area (TPSA) is 9.23 Å². The summed E-state index contributed by atoms with van der Waals surface area (Å²) in [6.07, 6.45) is 0. The van der Waals surface area contributed by atoms with Crippen molar-refractivity contribution in [1.29, 1.82) is 0 Å². The first-order valence-corrected chi connectivity index (χ1v) is 7.24. The molecule has 0 spiro atoms. The van der Waals surface area contributed by atoms with Gasteiger partial charge in [-0.3, -0.25) is 0 Å². The molecule has 1 atom stereocenters. The fourth-order valence-electron chi connectivity index (χ4n) is 1.57. The van der Waals surface area contributed by atoms with Crippen LogP contribution in [0, 0.1) is 6.92 Å². The first-order valence-electron chi connectivity index (χ1n) is 5.74. The molecule has 0 aliphatic heterocycles. The van der Waals surface area contributed by atoms with Gasteiger partial charge in [0, 0.05) is 0 Å². The minimum absolute atomic E-state index is 0.635. The van der Waals surface area contributed by atoms with E-state index in [1.165, 1.54) is 16.4 Å². The van der Waals surface area contributed by atoms with Crippen LogP contribution >= 0.6 is 8.58 Å². The maximum absolute atomic E-state index is 5.72. The van der Waals surface area contributed by atoms with E-state index in [4.69, 9.17) is 4.74 Å². The van der Waals surface area contributed by atoms with Crippen molar-refractivity contribution in [2.45, 2.75) is 13.5 Å². The zero-order valence-corrected chi connectivity index (χ0v) is 11.2. The molecule has 0 fully saturated rings. The monoisotopic (exact) mass is 244 g/mol. The fraction of sp³-hybridized carbons (Fsp3) is 0.200. The second kappa shape index (κ2) is 5.84. The van der Waals surface area contributed by atoms with Crippen molar-refractivity contribution < 1.29 is 4.74 Å². The smallest absolute Gasteiger partial charge is 0.119 e. The lowest BCUT2D eigenvalue weighted by Gasteiger charge is -2.07. The molecule has 17 heavy (non-hydrogen) atoms. The lowest BCUT2D eigenvalue weighted by atomic mass is 10.2. The van der Waals surface area contributed by atoms with Gasteiger partial charge in [-0.25, -0.2) is 0 Å². The molecule has 0 heterocycles. The Morgan fingerprint density at radius 2 is 1.59 bits per heavy atom. The second-order valence-electron chi connectivity index (χ2n) is 4.05. The van der Waals surface area contributed by atoms with Crippen LogP contribution in [0.25, 0.3) is 0 Å². The van der Waals surface area contributed by atoms with Gasteiger partial charge in [0.25, 0.3) is 0 Å². The fourth-order valence-corrected chi connectivity index (χ4v) is 2.07. The highest BCUT2D eigenvalue weighted by Gasteiger charge is 1.96. The predicted octanol–water partition coefficient (Wildman–Crippen LogP) is 3.51. The van der Waals surface area contributed by atoms with Crippen molar-refractivity contribution in [3.05, 3.63) is 59.7 Å². The van der Waals surface area contributed by atoms with Crippen molar-refractivity contribution in [3.8, 4) is 5.75 Å². The van der Waals surface area contributed by atoms with E-state index in [9.17, 15) is 0 Å². The normalized spacial score (nSPS) is 10.9. The van der Waals surface area contributed by atoms with Crippen LogP contribution in [0.5, 0.6) is 5.75 Å². The second-order valence-corrected chi connectivity index (χ2v) is 5.13. The number of hydrogen-bond acceptors (Lipinski definition) is 1. The van der Waals surface area contributed by atoms with Gasteiger partial charge < -0.3 is 4.74 Å². The largest absolute Gasteiger partial charge is 0.489 e. The van der Waals surface area contributed by atoms with Gasteiger partial charge in [-0.15, -0.1) is 0 Å². The highest BCUT2D eigenvalue weighted by molar-refractivity contribution is 7.46. The standard InChI is InChI=1S/C15H17OP/c1-12-3-7-14(8-4-12)16-11-13-5-9-15(17-2)10-6-13/h3-10,17H,11H2,1-2H3. The van der Waals surface area contributed by atoms with Gasteiger partial charge in [-0.1, -0.05) is 50.5 Å². The minimum Gasteiger partial charge on any atom is -0.489 e. The third-order valence-corrected chi connectivity index (χ3v) is 3.58. The van der Waals surface area contributed by atoms with Crippen molar-refractivity contribution in [2.24, 2.45) is 0 Å². The Morgan fingerprint density at radius 3 is 2.18 bits per heavy atom. The van der Waals surface area contributed by atoms with Crippen LogP contribution in [0.2, 0.25) is 0 Å². The van der Waals surface area contributed by atoms with Gasteiger partial charge in [-0.2, -0.15) is 0 Å². The molecule has 2 aromatic rings. The van der Waals surface area contributed by atoms with Gasteiger partial charge in [-0.05, 0) is 36.6 Å². The molecule has 0 radical (unpaired) electrons. The Labute approximate surface area is 105 Å². The summed E-state index contributed by atoms with van der Waals surface area (Å²) in [5, 5.41) is 1.39. The Balaban J connectivity index is 1.95. The molecule has 0 saturated heterocycles. The molecular formula is C15H17OP. The Hall–Kier alpha value is -1.33. The van der Waals surface area contributed by atoms with E-state index in [0.717, 1.165) is 14.3 Å². The molecule has 0 N–H and O–H groups in total. The van der Waals surface area contributed by atoms with Crippen LogP contribution in [0.15, 0.2) is 48.5 Å². The van der Waals surface area contributed by atoms with Gasteiger partial charge in [0.1, 0.15) is 12.4 Å². The lowest BCUT2D eigenvalue weighted by molar-refractivity contribution is 0.306. The van der Waals surface area contributed by atoms with Gasteiger partial charge in [0.2, 0.25) is 0 Å². The third kappa shape index (κ3) is 3.57. The Kier molecular flexibility index (Phi) is 4.17. The van der Waals surface area contributed by atoms with Gasteiger partial charge in [0.05, 0.1) is 0 Å². The van der Waals surface area contributed by atoms with Gasteiger partial charge in [0.15, 0.2) is 0 Å². The molecule has 2 heteroatoms. The van der Waals surface area contributed by atoms with E-state index in [0.29, 0.717) is 6.61 Å². The molecule has 0 amide bonds. The number of ether oxygens (including phenoxy) is 1. The minimum atomic E-state index is 0.635. The molecular weight excluding hydrogens is 227 g/mol. The first-order chi connectivity index (χ1) is 8.28. The number of benzene rings is 2. The maximum Gasteiger partial charge on any atom is 0.119 e. The summed E-state index contributed by atoms with van der Waals surface area (Å²) in [7, 11) is 0.859. The summed E-state index contributed by atoms with van der Waals surface area (Å²) >= 11 is 0. The summed E-state index contributed by atoms with van der Waals surface area (Å²) in [6, 6.07) is 16.8. The summed E-state index contributed by atoms with van der Waals surface area (Å²) in [5.41, 5.74) is 2.47. The SMILES string of the molecule is CPc1ccc(COc2ccc(C)cc2)cc1. The van der Waals surface area contributed by atoms with Crippen molar-refractivity contribution >= 4 is 13.9 Å². The summed E-state index contributed by atoms with van der Waals surface area (Å²) in [6.45, 7) is 4.90.